The van der Waals surface area contributed by atoms with E-state index in [1.807, 2.05) is 6.92 Å². The molecule has 1 heterocycles. The van der Waals surface area contributed by atoms with Gasteiger partial charge in [-0.25, -0.2) is 0 Å². The van der Waals surface area contributed by atoms with Gasteiger partial charge in [-0.2, -0.15) is 0 Å². The Morgan fingerprint density at radius 2 is 1.81 bits per heavy atom. The van der Waals surface area contributed by atoms with Gasteiger partial charge in [0.1, 0.15) is 6.54 Å². The molecule has 1 aliphatic rings. The zero-order valence-electron chi connectivity index (χ0n) is 20.5. The molecular formula is C26H27ClN2O7S. The predicted molar refractivity (Wildman–Crippen MR) is 142 cm³/mol. The number of amides is 3. The van der Waals surface area contributed by atoms with Gasteiger partial charge in [0.2, 0.25) is 0 Å². The van der Waals surface area contributed by atoms with Crippen LogP contribution in [0.3, 0.4) is 0 Å². The van der Waals surface area contributed by atoms with Crippen molar-refractivity contribution >= 4 is 58.1 Å². The quantitative estimate of drug-likeness (QED) is 0.221. The molecule has 0 unspecified atom stereocenters. The third kappa shape index (κ3) is 8.26. The van der Waals surface area contributed by atoms with Crippen LogP contribution in [-0.2, 0) is 19.1 Å². The molecule has 0 aromatic heterocycles. The number of thioether (sulfide) groups is 1. The zero-order valence-corrected chi connectivity index (χ0v) is 22.0. The lowest BCUT2D eigenvalue weighted by Crippen LogP contribution is -2.34. The normalized spacial score (nSPS) is 14.1. The summed E-state index contributed by atoms with van der Waals surface area (Å²) < 4.78 is 16.3. The average molecular weight is 547 g/mol. The van der Waals surface area contributed by atoms with E-state index in [0.29, 0.717) is 40.8 Å². The molecule has 196 valence electrons. The number of nitrogens with one attached hydrogen (secondary N) is 1. The van der Waals surface area contributed by atoms with Crippen LogP contribution in [0, 0.1) is 0 Å². The molecule has 3 amide bonds. The van der Waals surface area contributed by atoms with Crippen molar-refractivity contribution in [3.05, 3.63) is 58.0 Å². The molecule has 37 heavy (non-hydrogen) atoms. The Labute approximate surface area is 224 Å². The lowest BCUT2D eigenvalue weighted by molar-refractivity contribution is -0.146. The Hall–Kier alpha value is -3.50. The minimum absolute atomic E-state index is 0.171. The number of benzene rings is 2. The van der Waals surface area contributed by atoms with Crippen LogP contribution >= 0.6 is 23.4 Å². The van der Waals surface area contributed by atoms with Crippen molar-refractivity contribution in [3.63, 3.8) is 0 Å². The lowest BCUT2D eigenvalue weighted by atomic mass is 10.2. The van der Waals surface area contributed by atoms with Gasteiger partial charge < -0.3 is 19.5 Å². The first-order chi connectivity index (χ1) is 17.8. The van der Waals surface area contributed by atoms with Crippen molar-refractivity contribution in [3.8, 4) is 11.5 Å². The lowest BCUT2D eigenvalue weighted by Gasteiger charge is -2.13. The van der Waals surface area contributed by atoms with Gasteiger partial charge in [-0.05, 0) is 73.1 Å². The number of unbranched alkanes of at least 4 members (excludes halogenated alkanes) is 1. The summed E-state index contributed by atoms with van der Waals surface area (Å²) in [5.41, 5.74) is 1.17. The van der Waals surface area contributed by atoms with E-state index < -0.39 is 23.7 Å². The van der Waals surface area contributed by atoms with E-state index in [0.717, 1.165) is 23.1 Å². The van der Waals surface area contributed by atoms with Crippen LogP contribution < -0.4 is 14.8 Å². The average Bonchev–Trinajstić information content (AvgIpc) is 3.12. The molecule has 0 aliphatic carbocycles. The fraction of sp³-hybridized carbons (Fsp3) is 0.308. The van der Waals surface area contributed by atoms with Crippen LogP contribution in [0.1, 0.15) is 32.3 Å². The highest BCUT2D eigenvalue weighted by Gasteiger charge is 2.36. The number of imide groups is 1. The summed E-state index contributed by atoms with van der Waals surface area (Å²) in [7, 11) is 0. The molecule has 1 saturated heterocycles. The molecule has 0 saturated carbocycles. The highest BCUT2D eigenvalue weighted by Crippen LogP contribution is 2.34. The number of ether oxygens (including phenoxy) is 3. The van der Waals surface area contributed by atoms with E-state index in [2.05, 4.69) is 5.32 Å². The fourth-order valence-corrected chi connectivity index (χ4v) is 4.13. The number of carbonyl (C=O) groups is 4. The second-order valence-corrected chi connectivity index (χ2v) is 9.25. The second kappa shape index (κ2) is 13.7. The highest BCUT2D eigenvalue weighted by atomic mass is 35.5. The Morgan fingerprint density at radius 3 is 2.51 bits per heavy atom. The number of halogens is 1. The minimum Gasteiger partial charge on any atom is -0.490 e. The molecule has 2 aromatic rings. The summed E-state index contributed by atoms with van der Waals surface area (Å²) in [6.45, 7) is 3.67. The summed E-state index contributed by atoms with van der Waals surface area (Å²) in [5.74, 6) is -0.852. The molecular weight excluding hydrogens is 520 g/mol. The van der Waals surface area contributed by atoms with E-state index in [1.54, 1.807) is 49.4 Å². The van der Waals surface area contributed by atoms with Gasteiger partial charge in [0, 0.05) is 10.7 Å². The van der Waals surface area contributed by atoms with Gasteiger partial charge in [0.25, 0.3) is 17.1 Å². The first-order valence-corrected chi connectivity index (χ1v) is 12.9. The van der Waals surface area contributed by atoms with Crippen molar-refractivity contribution in [2.24, 2.45) is 0 Å². The van der Waals surface area contributed by atoms with Crippen LogP contribution in [0.4, 0.5) is 10.5 Å². The highest BCUT2D eigenvalue weighted by molar-refractivity contribution is 8.18. The van der Waals surface area contributed by atoms with E-state index in [-0.39, 0.29) is 24.0 Å². The smallest absolute Gasteiger partial charge is 0.326 e. The SMILES string of the molecule is CCCCOC(=O)CN1C(=O)S/C(=C/c2ccc(OCC(=O)Nc3ccc(Cl)cc3)c(OCC)c2)C1=O. The molecule has 1 fully saturated rings. The zero-order chi connectivity index (χ0) is 26.8. The first-order valence-electron chi connectivity index (χ1n) is 11.7. The van der Waals surface area contributed by atoms with Gasteiger partial charge >= 0.3 is 5.97 Å². The van der Waals surface area contributed by atoms with Gasteiger partial charge in [-0.3, -0.25) is 24.1 Å². The maximum absolute atomic E-state index is 12.7. The molecule has 0 atom stereocenters. The topological polar surface area (TPSA) is 111 Å². The molecule has 0 bridgehead atoms. The van der Waals surface area contributed by atoms with Gasteiger partial charge in [0.05, 0.1) is 18.1 Å². The summed E-state index contributed by atoms with van der Waals surface area (Å²) in [6, 6.07) is 11.6. The molecule has 1 aliphatic heterocycles. The molecule has 3 rings (SSSR count). The van der Waals surface area contributed by atoms with Crippen LogP contribution in [0.5, 0.6) is 11.5 Å². The maximum atomic E-state index is 12.7. The summed E-state index contributed by atoms with van der Waals surface area (Å²) in [5, 5.41) is 2.73. The number of hydrogen-bond donors (Lipinski definition) is 1. The van der Waals surface area contributed by atoms with Crippen molar-refractivity contribution in [1.29, 1.82) is 0 Å². The molecule has 0 spiro atoms. The molecule has 9 nitrogen and oxygen atoms in total. The molecule has 2 aromatic carbocycles. The summed E-state index contributed by atoms with van der Waals surface area (Å²) in [4.78, 5) is 50.3. The molecule has 11 heteroatoms. The number of esters is 1. The van der Waals surface area contributed by atoms with Crippen LogP contribution in [0.2, 0.25) is 5.02 Å². The molecule has 1 N–H and O–H groups in total. The maximum Gasteiger partial charge on any atom is 0.326 e. The Morgan fingerprint density at radius 1 is 1.05 bits per heavy atom. The Balaban J connectivity index is 1.65. The number of anilines is 1. The van der Waals surface area contributed by atoms with Crippen molar-refractivity contribution in [2.45, 2.75) is 26.7 Å². The monoisotopic (exact) mass is 546 g/mol. The minimum atomic E-state index is -0.628. The van der Waals surface area contributed by atoms with E-state index in [1.165, 1.54) is 6.08 Å². The van der Waals surface area contributed by atoms with Gasteiger partial charge in [0.15, 0.2) is 18.1 Å². The van der Waals surface area contributed by atoms with E-state index in [9.17, 15) is 19.2 Å². The van der Waals surface area contributed by atoms with Crippen molar-refractivity contribution < 1.29 is 33.4 Å². The third-order valence-electron chi connectivity index (χ3n) is 4.97. The van der Waals surface area contributed by atoms with E-state index >= 15 is 0 Å². The fourth-order valence-electron chi connectivity index (χ4n) is 3.17. The van der Waals surface area contributed by atoms with Crippen molar-refractivity contribution in [1.82, 2.24) is 4.90 Å². The Kier molecular flexibility index (Phi) is 10.4. The first kappa shape index (κ1) is 28.1. The second-order valence-electron chi connectivity index (χ2n) is 7.82. The number of carbonyl (C=O) groups excluding carboxylic acids is 4. The summed E-state index contributed by atoms with van der Waals surface area (Å²) >= 11 is 6.60. The van der Waals surface area contributed by atoms with Crippen LogP contribution in [0.15, 0.2) is 47.4 Å². The summed E-state index contributed by atoms with van der Waals surface area (Å²) in [6.07, 6.45) is 3.11. The standard InChI is InChI=1S/C26H27ClN2O7S/c1-3-5-12-35-24(31)15-29-25(32)22(37-26(29)33)14-17-6-11-20(21(13-17)34-4-2)36-16-23(30)28-19-9-7-18(27)8-10-19/h6-11,13-14H,3-5,12,15-16H2,1-2H3,(H,28,30)/b22-14+. The largest absolute Gasteiger partial charge is 0.490 e. The Bertz CT molecular complexity index is 1180. The van der Waals surface area contributed by atoms with E-state index in [4.69, 9.17) is 25.8 Å². The number of nitrogens with zero attached hydrogens (tertiary/aromatic N) is 1. The van der Waals surface area contributed by atoms with Gasteiger partial charge in [-0.1, -0.05) is 31.0 Å². The molecule has 0 radical (unpaired) electrons. The third-order valence-corrected chi connectivity index (χ3v) is 6.13. The number of rotatable bonds is 12. The van der Waals surface area contributed by atoms with Crippen LogP contribution in [0.25, 0.3) is 6.08 Å². The predicted octanol–water partition coefficient (Wildman–Crippen LogP) is 5.14. The van der Waals surface area contributed by atoms with Gasteiger partial charge in [-0.15, -0.1) is 0 Å². The van der Waals surface area contributed by atoms with Crippen molar-refractivity contribution in [2.75, 3.05) is 31.7 Å². The van der Waals surface area contributed by atoms with Crippen LogP contribution in [-0.4, -0.2) is 54.3 Å². The number of hydrogen-bond acceptors (Lipinski definition) is 8.